The van der Waals surface area contributed by atoms with Gasteiger partial charge in [0.25, 0.3) is 0 Å². The molecule has 0 radical (unpaired) electrons. The minimum absolute atomic E-state index is 0.314. The van der Waals surface area contributed by atoms with Gasteiger partial charge >= 0.3 is 5.97 Å². The number of esters is 1. The maximum atomic E-state index is 12.1. The Kier molecular flexibility index (Phi) is 4.35. The molecule has 0 unspecified atom stereocenters. The maximum absolute atomic E-state index is 12.1. The van der Waals surface area contributed by atoms with E-state index in [0.29, 0.717) is 6.42 Å². The molecule has 112 valence electrons. The van der Waals surface area contributed by atoms with Crippen LogP contribution in [0.5, 0.6) is 0 Å². The Hall–Kier alpha value is -2.39. The average molecular weight is 294 g/mol. The molecule has 22 heavy (non-hydrogen) atoms. The van der Waals surface area contributed by atoms with Gasteiger partial charge in [0.2, 0.25) is 0 Å². The molecule has 1 aliphatic rings. The third-order valence-electron chi connectivity index (χ3n) is 3.73. The molecule has 0 N–H and O–H groups in total. The van der Waals surface area contributed by atoms with E-state index in [-0.39, 0.29) is 12.1 Å². The number of carbonyl (C=O) groups excluding carboxylic acids is 1. The van der Waals surface area contributed by atoms with E-state index in [2.05, 4.69) is 6.58 Å². The van der Waals surface area contributed by atoms with Crippen LogP contribution in [0.4, 0.5) is 0 Å². The summed E-state index contributed by atoms with van der Waals surface area (Å²) in [6.45, 7) is 3.68. The van der Waals surface area contributed by atoms with Crippen LogP contribution in [0.2, 0.25) is 0 Å². The predicted molar refractivity (Wildman–Crippen MR) is 84.1 cm³/mol. The summed E-state index contributed by atoms with van der Waals surface area (Å²) in [5, 5.41) is 0. The van der Waals surface area contributed by atoms with Gasteiger partial charge in [0.15, 0.2) is 12.2 Å². The van der Waals surface area contributed by atoms with Crippen LogP contribution in [0.25, 0.3) is 0 Å². The minimum atomic E-state index is -0.595. The van der Waals surface area contributed by atoms with Crippen LogP contribution in [-0.4, -0.2) is 12.1 Å². The Morgan fingerprint density at radius 1 is 0.909 bits per heavy atom. The summed E-state index contributed by atoms with van der Waals surface area (Å²) in [5.41, 5.74) is 1.93. The lowest BCUT2D eigenvalue weighted by Gasteiger charge is -2.36. The molecule has 1 fully saturated rings. The van der Waals surface area contributed by atoms with Crippen molar-refractivity contribution in [2.75, 3.05) is 0 Å². The molecule has 3 nitrogen and oxygen atoms in total. The van der Waals surface area contributed by atoms with Gasteiger partial charge in [-0.05, 0) is 11.1 Å². The number of benzene rings is 2. The Bertz CT molecular complexity index is 636. The summed E-state index contributed by atoms with van der Waals surface area (Å²) >= 11 is 0. The largest absolute Gasteiger partial charge is 0.452 e. The fourth-order valence-corrected chi connectivity index (χ4v) is 2.65. The zero-order valence-electron chi connectivity index (χ0n) is 12.2. The zero-order valence-corrected chi connectivity index (χ0v) is 12.2. The Balaban J connectivity index is 1.95. The number of rotatable bonds is 4. The van der Waals surface area contributed by atoms with E-state index in [9.17, 15) is 4.79 Å². The van der Waals surface area contributed by atoms with Crippen molar-refractivity contribution < 1.29 is 14.3 Å². The van der Waals surface area contributed by atoms with Gasteiger partial charge in [0.1, 0.15) is 6.10 Å². The number of hydrogen-bond donors (Lipinski definition) is 0. The number of cyclic esters (lactones) is 1. The summed E-state index contributed by atoms with van der Waals surface area (Å²) in [5.74, 6) is -0.332. The molecule has 0 bridgehead atoms. The summed E-state index contributed by atoms with van der Waals surface area (Å²) in [6, 6.07) is 19.6. The summed E-state index contributed by atoms with van der Waals surface area (Å²) in [7, 11) is 0. The standard InChI is InChI=1S/C19H18O3/c1-2-9-16-19(20)22-18(15-12-7-4-8-13-15)17(21-16)14-10-5-3-6-11-14/h2-8,10-13,16-18H,1,9H2/t16-,17-,18-/m1/s1. The number of carbonyl (C=O) groups is 1. The first-order valence-electron chi connectivity index (χ1n) is 7.36. The van der Waals surface area contributed by atoms with Crippen molar-refractivity contribution in [1.29, 1.82) is 0 Å². The summed E-state index contributed by atoms with van der Waals surface area (Å²) in [4.78, 5) is 12.1. The van der Waals surface area contributed by atoms with Gasteiger partial charge in [0.05, 0.1) is 0 Å². The Morgan fingerprint density at radius 2 is 1.45 bits per heavy atom. The normalized spacial score (nSPS) is 24.5. The molecule has 0 amide bonds. The smallest absolute Gasteiger partial charge is 0.336 e. The van der Waals surface area contributed by atoms with Gasteiger partial charge < -0.3 is 9.47 Å². The van der Waals surface area contributed by atoms with E-state index in [1.54, 1.807) is 6.08 Å². The van der Waals surface area contributed by atoms with E-state index in [1.807, 2.05) is 60.7 Å². The Morgan fingerprint density at radius 3 is 2.00 bits per heavy atom. The zero-order chi connectivity index (χ0) is 15.4. The average Bonchev–Trinajstić information content (AvgIpc) is 2.58. The first-order valence-corrected chi connectivity index (χ1v) is 7.36. The SMILES string of the molecule is C=CC[C@H]1O[C@H](c2ccccc2)[C@@H](c2ccccc2)OC1=O. The molecule has 0 spiro atoms. The second-order valence-corrected chi connectivity index (χ2v) is 5.25. The van der Waals surface area contributed by atoms with Gasteiger partial charge in [-0.2, -0.15) is 0 Å². The molecule has 0 aliphatic carbocycles. The molecule has 2 aromatic rings. The Labute approximate surface area is 130 Å². The lowest BCUT2D eigenvalue weighted by molar-refractivity contribution is -0.202. The van der Waals surface area contributed by atoms with Gasteiger partial charge in [-0.15, -0.1) is 6.58 Å². The molecule has 1 aliphatic heterocycles. The second kappa shape index (κ2) is 6.58. The fraction of sp³-hybridized carbons (Fsp3) is 0.211. The lowest BCUT2D eigenvalue weighted by atomic mass is 9.96. The van der Waals surface area contributed by atoms with Crippen molar-refractivity contribution >= 4 is 5.97 Å². The quantitative estimate of drug-likeness (QED) is 0.632. The molecule has 3 heteroatoms. The van der Waals surface area contributed by atoms with Crippen molar-refractivity contribution in [2.24, 2.45) is 0 Å². The molecule has 0 aromatic heterocycles. The third kappa shape index (κ3) is 2.95. The lowest BCUT2D eigenvalue weighted by Crippen LogP contribution is -2.38. The molecule has 0 saturated carbocycles. The van der Waals surface area contributed by atoms with E-state index >= 15 is 0 Å². The summed E-state index contributed by atoms with van der Waals surface area (Å²) in [6.07, 6.45) is 0.784. The van der Waals surface area contributed by atoms with Crippen molar-refractivity contribution in [3.8, 4) is 0 Å². The van der Waals surface area contributed by atoms with E-state index in [0.717, 1.165) is 11.1 Å². The number of hydrogen-bond acceptors (Lipinski definition) is 3. The van der Waals surface area contributed by atoms with Crippen molar-refractivity contribution in [1.82, 2.24) is 0 Å². The van der Waals surface area contributed by atoms with Gasteiger partial charge in [-0.1, -0.05) is 66.7 Å². The highest BCUT2D eigenvalue weighted by atomic mass is 16.6. The fourth-order valence-electron chi connectivity index (χ4n) is 2.65. The van der Waals surface area contributed by atoms with Crippen LogP contribution in [0, 0.1) is 0 Å². The molecule has 1 saturated heterocycles. The predicted octanol–water partition coefficient (Wildman–Crippen LogP) is 3.99. The maximum Gasteiger partial charge on any atom is 0.336 e. The molecular weight excluding hydrogens is 276 g/mol. The summed E-state index contributed by atoms with van der Waals surface area (Å²) < 4.78 is 11.7. The second-order valence-electron chi connectivity index (χ2n) is 5.25. The van der Waals surface area contributed by atoms with Crippen LogP contribution in [0.15, 0.2) is 73.3 Å². The van der Waals surface area contributed by atoms with Crippen LogP contribution >= 0.6 is 0 Å². The van der Waals surface area contributed by atoms with Gasteiger partial charge in [-0.25, -0.2) is 4.79 Å². The van der Waals surface area contributed by atoms with Crippen LogP contribution in [0.1, 0.15) is 29.8 Å². The highest BCUT2D eigenvalue weighted by Crippen LogP contribution is 2.40. The highest BCUT2D eigenvalue weighted by Gasteiger charge is 2.39. The minimum Gasteiger partial charge on any atom is -0.452 e. The van der Waals surface area contributed by atoms with Crippen molar-refractivity contribution in [3.63, 3.8) is 0 Å². The number of ether oxygens (including phenoxy) is 2. The van der Waals surface area contributed by atoms with Gasteiger partial charge in [-0.3, -0.25) is 0 Å². The molecule has 3 rings (SSSR count). The van der Waals surface area contributed by atoms with Crippen LogP contribution in [-0.2, 0) is 14.3 Å². The van der Waals surface area contributed by atoms with Crippen LogP contribution < -0.4 is 0 Å². The van der Waals surface area contributed by atoms with Gasteiger partial charge in [0, 0.05) is 6.42 Å². The molecule has 2 aromatic carbocycles. The van der Waals surface area contributed by atoms with E-state index in [1.165, 1.54) is 0 Å². The molecule has 1 heterocycles. The first kappa shape index (κ1) is 14.5. The van der Waals surface area contributed by atoms with Crippen LogP contribution in [0.3, 0.4) is 0 Å². The molecular formula is C19H18O3. The van der Waals surface area contributed by atoms with E-state index < -0.39 is 12.2 Å². The monoisotopic (exact) mass is 294 g/mol. The topological polar surface area (TPSA) is 35.5 Å². The third-order valence-corrected chi connectivity index (χ3v) is 3.73. The van der Waals surface area contributed by atoms with E-state index in [4.69, 9.17) is 9.47 Å². The van der Waals surface area contributed by atoms with Crippen molar-refractivity contribution in [3.05, 3.63) is 84.4 Å². The first-order chi connectivity index (χ1) is 10.8. The molecule has 3 atom stereocenters. The van der Waals surface area contributed by atoms with Crippen molar-refractivity contribution in [2.45, 2.75) is 24.7 Å². The highest BCUT2D eigenvalue weighted by molar-refractivity contribution is 5.76.